The van der Waals surface area contributed by atoms with E-state index in [0.717, 1.165) is 5.56 Å². The van der Waals surface area contributed by atoms with E-state index in [1.807, 2.05) is 6.07 Å². The summed E-state index contributed by atoms with van der Waals surface area (Å²) < 4.78 is 0. The minimum Gasteiger partial charge on any atom is -0.480 e. The van der Waals surface area contributed by atoms with Crippen LogP contribution in [0.2, 0.25) is 0 Å². The number of nitrogens with two attached hydrogens (primary N) is 2. The molecule has 0 bridgehead atoms. The predicted molar refractivity (Wildman–Crippen MR) is 120 cm³/mol. The minimum atomic E-state index is -1.16. The Morgan fingerprint density at radius 1 is 0.906 bits per heavy atom. The molecule has 3 amide bonds. The predicted octanol–water partition coefficient (Wildman–Crippen LogP) is -0.488. The van der Waals surface area contributed by atoms with Gasteiger partial charge < -0.3 is 32.5 Å². The second-order valence-corrected chi connectivity index (χ2v) is 7.93. The fraction of sp³-hybridized carbons (Fsp3) is 0.545. The molecular weight excluding hydrogens is 414 g/mol. The Morgan fingerprint density at radius 2 is 1.53 bits per heavy atom. The summed E-state index contributed by atoms with van der Waals surface area (Å²) in [4.78, 5) is 49.2. The van der Waals surface area contributed by atoms with Gasteiger partial charge in [-0.25, -0.2) is 4.79 Å². The number of hydrogen-bond donors (Lipinski definition) is 6. The van der Waals surface area contributed by atoms with Crippen molar-refractivity contribution in [3.8, 4) is 0 Å². The molecule has 0 aliphatic heterocycles. The van der Waals surface area contributed by atoms with Gasteiger partial charge in [-0.05, 0) is 37.3 Å². The maximum atomic E-state index is 13.0. The Morgan fingerprint density at radius 3 is 2.06 bits per heavy atom. The van der Waals surface area contributed by atoms with E-state index >= 15 is 0 Å². The van der Waals surface area contributed by atoms with E-state index in [-0.39, 0.29) is 25.3 Å². The fourth-order valence-corrected chi connectivity index (χ4v) is 3.11. The van der Waals surface area contributed by atoms with Crippen LogP contribution in [0.1, 0.15) is 38.7 Å². The van der Waals surface area contributed by atoms with Crippen molar-refractivity contribution in [3.05, 3.63) is 35.9 Å². The molecule has 178 valence electrons. The molecule has 1 aromatic rings. The molecular formula is C22H35N5O5. The van der Waals surface area contributed by atoms with Crippen LogP contribution in [0, 0.1) is 5.92 Å². The number of carboxylic acids is 1. The van der Waals surface area contributed by atoms with Gasteiger partial charge in [0.15, 0.2) is 0 Å². The average Bonchev–Trinajstić information content (AvgIpc) is 2.76. The number of carbonyl (C=O) groups is 4. The van der Waals surface area contributed by atoms with Crippen LogP contribution >= 0.6 is 0 Å². The highest BCUT2D eigenvalue weighted by atomic mass is 16.4. The Balaban J connectivity index is 3.02. The lowest BCUT2D eigenvalue weighted by Gasteiger charge is -2.26. The molecule has 0 aliphatic carbocycles. The van der Waals surface area contributed by atoms with Crippen molar-refractivity contribution >= 4 is 23.7 Å². The van der Waals surface area contributed by atoms with Gasteiger partial charge in [-0.3, -0.25) is 14.4 Å². The molecule has 0 saturated heterocycles. The molecule has 3 unspecified atom stereocenters. The molecule has 3 atom stereocenters. The minimum absolute atomic E-state index is 0.156. The zero-order chi connectivity index (χ0) is 24.1. The topological polar surface area (TPSA) is 177 Å². The number of nitrogens with one attached hydrogen (secondary N) is 3. The first kappa shape index (κ1) is 27.1. The van der Waals surface area contributed by atoms with E-state index in [9.17, 15) is 24.3 Å². The van der Waals surface area contributed by atoms with Crippen molar-refractivity contribution in [3.63, 3.8) is 0 Å². The smallest absolute Gasteiger partial charge is 0.326 e. The second kappa shape index (κ2) is 14.2. The molecule has 10 heteroatoms. The van der Waals surface area contributed by atoms with Gasteiger partial charge in [-0.1, -0.05) is 44.2 Å². The van der Waals surface area contributed by atoms with E-state index < -0.39 is 41.8 Å². The van der Waals surface area contributed by atoms with Crippen LogP contribution in [0.25, 0.3) is 0 Å². The summed E-state index contributed by atoms with van der Waals surface area (Å²) in [6.07, 6.45) is 1.57. The van der Waals surface area contributed by atoms with E-state index in [2.05, 4.69) is 16.0 Å². The van der Waals surface area contributed by atoms with E-state index in [1.165, 1.54) is 0 Å². The van der Waals surface area contributed by atoms with Crippen molar-refractivity contribution < 1.29 is 24.3 Å². The zero-order valence-corrected chi connectivity index (χ0v) is 18.7. The highest BCUT2D eigenvalue weighted by Crippen LogP contribution is 2.08. The van der Waals surface area contributed by atoms with Gasteiger partial charge in [0.25, 0.3) is 0 Å². The molecule has 10 nitrogen and oxygen atoms in total. The standard InChI is InChI=1S/C22H35N5O5/c1-14(2)19(27-18(28)13-24)21(30)26-17(12-15-8-4-3-5-9-15)20(29)25-16(22(31)32)10-6-7-11-23/h3-5,8-9,14,16-17,19H,6-7,10-13,23-24H2,1-2H3,(H,25,29)(H,26,30)(H,27,28)(H,31,32). The van der Waals surface area contributed by atoms with Crippen LogP contribution in [-0.4, -0.2) is 60.0 Å². The van der Waals surface area contributed by atoms with Gasteiger partial charge >= 0.3 is 5.97 Å². The number of unbranched alkanes of at least 4 members (excludes halogenated alkanes) is 1. The van der Waals surface area contributed by atoms with Crippen molar-refractivity contribution in [1.82, 2.24) is 16.0 Å². The van der Waals surface area contributed by atoms with Crippen molar-refractivity contribution in [1.29, 1.82) is 0 Å². The maximum Gasteiger partial charge on any atom is 0.326 e. The quantitative estimate of drug-likeness (QED) is 0.208. The summed E-state index contributed by atoms with van der Waals surface area (Å²) in [5, 5.41) is 17.2. The lowest BCUT2D eigenvalue weighted by Crippen LogP contribution is -2.58. The lowest BCUT2D eigenvalue weighted by molar-refractivity contribution is -0.142. The van der Waals surface area contributed by atoms with Gasteiger partial charge in [0.1, 0.15) is 18.1 Å². The summed E-state index contributed by atoms with van der Waals surface area (Å²) in [5.74, 6) is -3.07. The first-order valence-electron chi connectivity index (χ1n) is 10.8. The van der Waals surface area contributed by atoms with E-state index in [0.29, 0.717) is 19.4 Å². The van der Waals surface area contributed by atoms with Gasteiger partial charge in [0.05, 0.1) is 6.54 Å². The highest BCUT2D eigenvalue weighted by Gasteiger charge is 2.30. The van der Waals surface area contributed by atoms with Crippen LogP contribution in [0.5, 0.6) is 0 Å². The van der Waals surface area contributed by atoms with E-state index in [4.69, 9.17) is 11.5 Å². The average molecular weight is 450 g/mol. The van der Waals surface area contributed by atoms with Crippen molar-refractivity contribution in [2.24, 2.45) is 17.4 Å². The largest absolute Gasteiger partial charge is 0.480 e. The Kier molecular flexibility index (Phi) is 12.0. The summed E-state index contributed by atoms with van der Waals surface area (Å²) in [6, 6.07) is 6.02. The number of amides is 3. The van der Waals surface area contributed by atoms with Gasteiger partial charge in [-0.15, -0.1) is 0 Å². The van der Waals surface area contributed by atoms with Gasteiger partial charge in [0.2, 0.25) is 17.7 Å². The number of hydrogen-bond acceptors (Lipinski definition) is 6. The SMILES string of the molecule is CC(C)C(NC(=O)CN)C(=O)NC(Cc1ccccc1)C(=O)NC(CCCCN)C(=O)O. The number of carbonyl (C=O) groups excluding carboxylic acids is 3. The number of benzene rings is 1. The Labute approximate surface area is 188 Å². The van der Waals surface area contributed by atoms with Crippen LogP contribution in [0.3, 0.4) is 0 Å². The molecule has 0 heterocycles. The van der Waals surface area contributed by atoms with E-state index in [1.54, 1.807) is 38.1 Å². The molecule has 8 N–H and O–H groups in total. The maximum absolute atomic E-state index is 13.0. The second-order valence-electron chi connectivity index (χ2n) is 7.93. The highest BCUT2D eigenvalue weighted by molar-refractivity contribution is 5.93. The number of aliphatic carboxylic acids is 1. The van der Waals surface area contributed by atoms with Gasteiger partial charge in [-0.2, -0.15) is 0 Å². The Hall–Kier alpha value is -2.98. The van der Waals surface area contributed by atoms with Crippen LogP contribution < -0.4 is 27.4 Å². The van der Waals surface area contributed by atoms with Crippen molar-refractivity contribution in [2.75, 3.05) is 13.1 Å². The molecule has 32 heavy (non-hydrogen) atoms. The molecule has 0 radical (unpaired) electrons. The third-order valence-corrected chi connectivity index (χ3v) is 4.93. The molecule has 0 aliphatic rings. The molecule has 1 aromatic carbocycles. The summed E-state index contributed by atoms with van der Waals surface area (Å²) in [6.45, 7) is 3.67. The first-order chi connectivity index (χ1) is 15.2. The normalized spacial score (nSPS) is 13.7. The summed E-state index contributed by atoms with van der Waals surface area (Å²) >= 11 is 0. The Bertz CT molecular complexity index is 756. The third kappa shape index (κ3) is 9.44. The molecule has 0 spiro atoms. The lowest BCUT2D eigenvalue weighted by atomic mass is 10.0. The molecule has 1 rings (SSSR count). The fourth-order valence-electron chi connectivity index (χ4n) is 3.11. The monoisotopic (exact) mass is 449 g/mol. The number of carboxylic acid groups (broad SMARTS) is 1. The summed E-state index contributed by atoms with van der Waals surface area (Å²) in [5.41, 5.74) is 11.6. The molecule has 0 fully saturated rings. The van der Waals surface area contributed by atoms with Crippen LogP contribution in [0.4, 0.5) is 0 Å². The third-order valence-electron chi connectivity index (χ3n) is 4.93. The van der Waals surface area contributed by atoms with Crippen molar-refractivity contribution in [2.45, 2.75) is 57.7 Å². The van der Waals surface area contributed by atoms with Gasteiger partial charge in [0, 0.05) is 6.42 Å². The molecule has 0 saturated carbocycles. The number of rotatable bonds is 14. The summed E-state index contributed by atoms with van der Waals surface area (Å²) in [7, 11) is 0. The van der Waals surface area contributed by atoms with Crippen LogP contribution in [-0.2, 0) is 25.6 Å². The molecule has 0 aromatic heterocycles. The first-order valence-corrected chi connectivity index (χ1v) is 10.8. The van der Waals surface area contributed by atoms with Crippen LogP contribution in [0.15, 0.2) is 30.3 Å². The zero-order valence-electron chi connectivity index (χ0n) is 18.7.